The molecule has 106 valence electrons. The van der Waals surface area contributed by atoms with Gasteiger partial charge in [0.15, 0.2) is 5.84 Å². The molecule has 1 aliphatic rings. The van der Waals surface area contributed by atoms with E-state index in [-0.39, 0.29) is 6.04 Å². The van der Waals surface area contributed by atoms with Crippen LogP contribution in [0.4, 0.5) is 5.13 Å². The van der Waals surface area contributed by atoms with Crippen LogP contribution in [-0.4, -0.2) is 57.5 Å². The fourth-order valence-corrected chi connectivity index (χ4v) is 3.09. The van der Waals surface area contributed by atoms with Crippen molar-refractivity contribution in [1.29, 1.82) is 0 Å². The normalized spacial score (nSPS) is 19.7. The van der Waals surface area contributed by atoms with Gasteiger partial charge in [-0.05, 0) is 13.3 Å². The number of piperazine rings is 1. The van der Waals surface area contributed by atoms with Crippen molar-refractivity contribution >= 4 is 22.5 Å². The molecule has 0 spiro atoms. The van der Waals surface area contributed by atoms with Gasteiger partial charge in [-0.2, -0.15) is 4.37 Å². The molecule has 0 amide bonds. The van der Waals surface area contributed by atoms with Crippen LogP contribution in [0.2, 0.25) is 0 Å². The van der Waals surface area contributed by atoms with E-state index in [1.807, 2.05) is 13.8 Å². The van der Waals surface area contributed by atoms with E-state index in [0.29, 0.717) is 5.84 Å². The maximum absolute atomic E-state index is 8.81. The van der Waals surface area contributed by atoms with E-state index in [0.717, 1.165) is 43.6 Å². The van der Waals surface area contributed by atoms with Gasteiger partial charge in [0.25, 0.3) is 0 Å². The molecular weight excluding hydrogens is 264 g/mol. The van der Waals surface area contributed by atoms with Gasteiger partial charge in [-0.1, -0.05) is 12.1 Å². The lowest BCUT2D eigenvalue weighted by Crippen LogP contribution is -2.54. The number of nitrogens with two attached hydrogens (primary N) is 1. The zero-order valence-electron chi connectivity index (χ0n) is 11.3. The third kappa shape index (κ3) is 3.13. The molecule has 0 aromatic carbocycles. The molecule has 3 N–H and O–H groups in total. The van der Waals surface area contributed by atoms with Crippen LogP contribution >= 0.6 is 11.5 Å². The fraction of sp³-hybridized carbons (Fsp3) is 0.727. The molecule has 2 rings (SSSR count). The van der Waals surface area contributed by atoms with Crippen LogP contribution in [0.25, 0.3) is 0 Å². The van der Waals surface area contributed by atoms with Gasteiger partial charge in [0, 0.05) is 37.7 Å². The van der Waals surface area contributed by atoms with Crippen LogP contribution in [0.3, 0.4) is 0 Å². The lowest BCUT2D eigenvalue weighted by atomic mass is 10.1. The summed E-state index contributed by atoms with van der Waals surface area (Å²) in [7, 11) is 0. The summed E-state index contributed by atoms with van der Waals surface area (Å²) in [4.78, 5) is 8.89. The Morgan fingerprint density at radius 2 is 2.16 bits per heavy atom. The molecule has 7 nitrogen and oxygen atoms in total. The number of aryl methyl sites for hydroxylation is 1. The number of amidine groups is 1. The number of oxime groups is 1. The quantitative estimate of drug-likeness (QED) is 0.362. The molecule has 0 saturated carbocycles. The van der Waals surface area contributed by atoms with Crippen molar-refractivity contribution in [2.45, 2.75) is 26.3 Å². The summed E-state index contributed by atoms with van der Waals surface area (Å²) in [5.41, 5.74) is 5.73. The van der Waals surface area contributed by atoms with Crippen LogP contribution in [0, 0.1) is 6.92 Å². The van der Waals surface area contributed by atoms with Gasteiger partial charge in [0.2, 0.25) is 5.13 Å². The molecule has 1 aromatic heterocycles. The van der Waals surface area contributed by atoms with Gasteiger partial charge < -0.3 is 15.8 Å². The van der Waals surface area contributed by atoms with Gasteiger partial charge in [-0.25, -0.2) is 4.98 Å². The minimum atomic E-state index is 0.0170. The summed E-state index contributed by atoms with van der Waals surface area (Å²) in [6, 6.07) is 0.0170. The third-order valence-electron chi connectivity index (χ3n) is 3.39. The lowest BCUT2D eigenvalue weighted by Gasteiger charge is -2.38. The Morgan fingerprint density at radius 1 is 1.47 bits per heavy atom. The first-order valence-corrected chi connectivity index (χ1v) is 7.19. The second-order valence-electron chi connectivity index (χ2n) is 4.60. The van der Waals surface area contributed by atoms with Gasteiger partial charge >= 0.3 is 0 Å². The van der Waals surface area contributed by atoms with E-state index in [1.165, 1.54) is 11.5 Å². The van der Waals surface area contributed by atoms with Crippen LogP contribution < -0.4 is 10.6 Å². The summed E-state index contributed by atoms with van der Waals surface area (Å²) >= 11 is 1.44. The number of hydrogen-bond acceptors (Lipinski definition) is 7. The Balaban J connectivity index is 1.95. The molecule has 1 aromatic rings. The second-order valence-corrected chi connectivity index (χ2v) is 5.33. The smallest absolute Gasteiger partial charge is 0.205 e. The predicted molar refractivity (Wildman–Crippen MR) is 75.9 cm³/mol. The Kier molecular flexibility index (Phi) is 4.54. The highest BCUT2D eigenvalue weighted by Crippen LogP contribution is 2.19. The molecule has 1 fully saturated rings. The van der Waals surface area contributed by atoms with Crippen molar-refractivity contribution in [3.63, 3.8) is 0 Å². The maximum Gasteiger partial charge on any atom is 0.205 e. The Hall–Kier alpha value is -1.41. The summed E-state index contributed by atoms with van der Waals surface area (Å²) in [5.74, 6) is 1.12. The van der Waals surface area contributed by atoms with Crippen LogP contribution in [0.1, 0.15) is 19.2 Å². The fourth-order valence-electron chi connectivity index (χ4n) is 2.36. The maximum atomic E-state index is 8.81. The van der Waals surface area contributed by atoms with Crippen molar-refractivity contribution in [1.82, 2.24) is 14.3 Å². The molecule has 1 unspecified atom stereocenters. The summed E-state index contributed by atoms with van der Waals surface area (Å²) in [5, 5.41) is 12.9. The average molecular weight is 284 g/mol. The first-order chi connectivity index (χ1) is 9.15. The van der Waals surface area contributed by atoms with Crippen LogP contribution in [0.15, 0.2) is 5.16 Å². The standard InChI is InChI=1S/C11H20N6OS/c1-3-9(10(12)14-18)16-4-6-17(7-5-16)11-13-8(2)15-19-11/h9,18H,3-7H2,1-2H3,(H2,12,14). The van der Waals surface area contributed by atoms with Crippen molar-refractivity contribution < 1.29 is 5.21 Å². The van der Waals surface area contributed by atoms with Crippen molar-refractivity contribution in [2.24, 2.45) is 10.9 Å². The van der Waals surface area contributed by atoms with E-state index in [9.17, 15) is 0 Å². The molecular formula is C11H20N6OS. The van der Waals surface area contributed by atoms with E-state index < -0.39 is 0 Å². The highest BCUT2D eigenvalue weighted by Gasteiger charge is 2.26. The van der Waals surface area contributed by atoms with Gasteiger partial charge in [0.05, 0.1) is 6.04 Å². The van der Waals surface area contributed by atoms with Gasteiger partial charge in [-0.3, -0.25) is 4.90 Å². The molecule has 2 heterocycles. The minimum absolute atomic E-state index is 0.0170. The molecule has 0 aliphatic carbocycles. The number of hydrogen-bond donors (Lipinski definition) is 2. The van der Waals surface area contributed by atoms with Gasteiger partial charge in [0.1, 0.15) is 5.82 Å². The molecule has 1 atom stereocenters. The molecule has 1 aliphatic heterocycles. The van der Waals surface area contributed by atoms with E-state index in [1.54, 1.807) is 0 Å². The summed E-state index contributed by atoms with van der Waals surface area (Å²) in [6.45, 7) is 7.50. The van der Waals surface area contributed by atoms with E-state index in [4.69, 9.17) is 10.9 Å². The Morgan fingerprint density at radius 3 is 2.63 bits per heavy atom. The summed E-state index contributed by atoms with van der Waals surface area (Å²) < 4.78 is 4.21. The number of anilines is 1. The highest BCUT2D eigenvalue weighted by atomic mass is 32.1. The molecule has 0 radical (unpaired) electrons. The van der Waals surface area contributed by atoms with Crippen molar-refractivity contribution in [3.8, 4) is 0 Å². The zero-order chi connectivity index (χ0) is 13.8. The SMILES string of the molecule is CCC(C(N)=NO)N1CCN(c2nc(C)ns2)CC1. The topological polar surface area (TPSA) is 90.9 Å². The number of aromatic nitrogens is 2. The lowest BCUT2D eigenvalue weighted by molar-refractivity contribution is 0.216. The number of nitrogens with zero attached hydrogens (tertiary/aromatic N) is 5. The Bertz CT molecular complexity index is 440. The van der Waals surface area contributed by atoms with Gasteiger partial charge in [-0.15, -0.1) is 0 Å². The second kappa shape index (κ2) is 6.16. The molecule has 1 saturated heterocycles. The minimum Gasteiger partial charge on any atom is -0.409 e. The predicted octanol–water partition coefficient (Wildman–Crippen LogP) is 0.494. The molecule has 8 heteroatoms. The van der Waals surface area contributed by atoms with E-state index in [2.05, 4.69) is 24.3 Å². The van der Waals surface area contributed by atoms with Crippen LogP contribution in [-0.2, 0) is 0 Å². The Labute approximate surface area is 116 Å². The molecule has 0 bridgehead atoms. The summed E-state index contributed by atoms with van der Waals surface area (Å²) in [6.07, 6.45) is 0.841. The first-order valence-electron chi connectivity index (χ1n) is 6.42. The third-order valence-corrected chi connectivity index (χ3v) is 4.25. The van der Waals surface area contributed by atoms with Crippen LogP contribution in [0.5, 0.6) is 0 Å². The van der Waals surface area contributed by atoms with Crippen molar-refractivity contribution in [2.75, 3.05) is 31.1 Å². The monoisotopic (exact) mass is 284 g/mol. The number of rotatable bonds is 4. The zero-order valence-corrected chi connectivity index (χ0v) is 12.1. The molecule has 19 heavy (non-hydrogen) atoms. The first kappa shape index (κ1) is 14.0. The van der Waals surface area contributed by atoms with Crippen molar-refractivity contribution in [3.05, 3.63) is 5.82 Å². The van der Waals surface area contributed by atoms with E-state index >= 15 is 0 Å². The highest BCUT2D eigenvalue weighted by molar-refractivity contribution is 7.09. The largest absolute Gasteiger partial charge is 0.409 e. The average Bonchev–Trinajstić information content (AvgIpc) is 2.87.